The average Bonchev–Trinajstić information content (AvgIpc) is 3.47. The highest BCUT2D eigenvalue weighted by molar-refractivity contribution is 7.32. The van der Waals surface area contributed by atoms with Crippen molar-refractivity contribution in [3.63, 3.8) is 0 Å². The molecule has 1 amide bonds. The lowest BCUT2D eigenvalue weighted by Crippen LogP contribution is -2.23. The fourth-order valence-electron chi connectivity index (χ4n) is 4.18. The first-order valence-electron chi connectivity index (χ1n) is 13.4. The number of aromatic nitrogens is 4. The zero-order chi connectivity index (χ0) is 32.7. The highest BCUT2D eigenvalue weighted by Crippen LogP contribution is 2.37. The van der Waals surface area contributed by atoms with Gasteiger partial charge >= 0.3 is 14.4 Å². The van der Waals surface area contributed by atoms with Gasteiger partial charge in [0.2, 0.25) is 5.95 Å². The van der Waals surface area contributed by atoms with E-state index >= 15 is 0 Å². The number of alkyl halides is 3. The molecular formula is C28H31F3N7O6P. The predicted octanol–water partition coefficient (Wildman–Crippen LogP) is 4.84. The number of hydrogen-bond acceptors (Lipinski definition) is 10. The molecule has 13 nitrogen and oxygen atoms in total. The summed E-state index contributed by atoms with van der Waals surface area (Å²) in [4.78, 5) is 31.3. The second kappa shape index (κ2) is 14.5. The fourth-order valence-corrected chi connectivity index (χ4v) is 4.47. The number of anilines is 4. The van der Waals surface area contributed by atoms with Crippen molar-refractivity contribution < 1.29 is 41.8 Å². The van der Waals surface area contributed by atoms with E-state index in [1.807, 2.05) is 0 Å². The predicted molar refractivity (Wildman–Crippen MR) is 160 cm³/mol. The van der Waals surface area contributed by atoms with Gasteiger partial charge in [0.1, 0.15) is 17.1 Å². The smallest absolute Gasteiger partial charge is 0.421 e. The summed E-state index contributed by atoms with van der Waals surface area (Å²) in [5.41, 5.74) is 1.10. The molecule has 2 aromatic heterocycles. The third-order valence-electron chi connectivity index (χ3n) is 6.39. The number of aliphatic hydroxyl groups excluding tert-OH is 1. The quantitative estimate of drug-likeness (QED) is 0.147. The summed E-state index contributed by atoms with van der Waals surface area (Å²) in [5, 5.41) is 18.8. The van der Waals surface area contributed by atoms with E-state index in [1.165, 1.54) is 44.3 Å². The van der Waals surface area contributed by atoms with Gasteiger partial charge in [-0.05, 0) is 41.8 Å². The lowest BCUT2D eigenvalue weighted by Gasteiger charge is -2.19. The topological polar surface area (TPSA) is 164 Å². The average molecular weight is 650 g/mol. The van der Waals surface area contributed by atoms with E-state index in [-0.39, 0.29) is 36.2 Å². The fraction of sp³-hybridized carbons (Fsp3) is 0.286. The Morgan fingerprint density at radius 3 is 2.51 bits per heavy atom. The van der Waals surface area contributed by atoms with Crippen LogP contribution >= 0.6 is 8.25 Å². The van der Waals surface area contributed by atoms with E-state index in [0.29, 0.717) is 41.5 Å². The van der Waals surface area contributed by atoms with E-state index in [4.69, 9.17) is 19.3 Å². The van der Waals surface area contributed by atoms with Gasteiger partial charge in [0, 0.05) is 45.2 Å². The number of nitrogens with zero attached hydrogens (tertiary/aromatic N) is 5. The first kappa shape index (κ1) is 33.4. The van der Waals surface area contributed by atoms with Crippen molar-refractivity contribution >= 4 is 37.3 Å². The SMILES string of the molecule is COc1cc(CO[PH](=O)O)ccc1Nc1ncc(C(F)(F)F)c(Nc2ccc(-c3cnn(CCCO)c3)cc2C(=O)N(C)C)n1. The molecule has 0 saturated heterocycles. The van der Waals surface area contributed by atoms with Gasteiger partial charge in [0.15, 0.2) is 0 Å². The Morgan fingerprint density at radius 2 is 1.84 bits per heavy atom. The molecule has 0 fully saturated rings. The van der Waals surface area contributed by atoms with Gasteiger partial charge in [-0.3, -0.25) is 14.0 Å². The largest absolute Gasteiger partial charge is 0.495 e. The zero-order valence-corrected chi connectivity index (χ0v) is 25.4. The summed E-state index contributed by atoms with van der Waals surface area (Å²) < 4.78 is 64.8. The number of carbonyl (C=O) groups excluding carboxylic acids is 1. The summed E-state index contributed by atoms with van der Waals surface area (Å²) in [6.45, 7) is 0.332. The van der Waals surface area contributed by atoms with Crippen molar-refractivity contribution in [1.29, 1.82) is 0 Å². The van der Waals surface area contributed by atoms with Gasteiger partial charge in [0.05, 0.1) is 36.9 Å². The molecule has 0 bridgehead atoms. The van der Waals surface area contributed by atoms with Crippen molar-refractivity contribution in [2.45, 2.75) is 25.7 Å². The summed E-state index contributed by atoms with van der Waals surface area (Å²) in [6, 6.07) is 9.29. The molecule has 0 radical (unpaired) electrons. The second-order valence-electron chi connectivity index (χ2n) is 9.82. The Bertz CT molecular complexity index is 1680. The Labute approximate surface area is 256 Å². The summed E-state index contributed by atoms with van der Waals surface area (Å²) in [5.74, 6) is -1.02. The molecule has 240 valence electrons. The number of carbonyl (C=O) groups is 1. The first-order valence-corrected chi connectivity index (χ1v) is 14.7. The number of benzene rings is 2. The molecule has 1 atom stereocenters. The van der Waals surface area contributed by atoms with Gasteiger partial charge in [-0.1, -0.05) is 12.1 Å². The molecule has 0 saturated carbocycles. The Kier molecular flexibility index (Phi) is 10.8. The van der Waals surface area contributed by atoms with Gasteiger partial charge in [0.25, 0.3) is 5.91 Å². The number of nitrogens with one attached hydrogen (secondary N) is 2. The van der Waals surface area contributed by atoms with Crippen LogP contribution in [0, 0.1) is 0 Å². The summed E-state index contributed by atoms with van der Waals surface area (Å²) >= 11 is 0. The maximum atomic E-state index is 14.1. The number of methoxy groups -OCH3 is 1. The number of ether oxygens (including phenoxy) is 1. The molecule has 1 unspecified atom stereocenters. The number of rotatable bonds is 13. The van der Waals surface area contributed by atoms with Crippen molar-refractivity contribution in [3.05, 3.63) is 71.7 Å². The minimum atomic E-state index is -4.83. The van der Waals surface area contributed by atoms with E-state index in [1.54, 1.807) is 35.3 Å². The minimum absolute atomic E-state index is 0.00261. The van der Waals surface area contributed by atoms with E-state index < -0.39 is 31.7 Å². The van der Waals surface area contributed by atoms with Crippen molar-refractivity contribution in [3.8, 4) is 16.9 Å². The van der Waals surface area contributed by atoms with Gasteiger partial charge < -0.3 is 34.8 Å². The second-order valence-corrected chi connectivity index (χ2v) is 10.6. The van der Waals surface area contributed by atoms with Crippen LogP contribution in [0.25, 0.3) is 11.1 Å². The number of hydrogen-bond donors (Lipinski definition) is 4. The van der Waals surface area contributed by atoms with Crippen LogP contribution < -0.4 is 15.4 Å². The normalized spacial score (nSPS) is 12.1. The van der Waals surface area contributed by atoms with E-state index in [9.17, 15) is 22.5 Å². The molecule has 4 rings (SSSR count). The number of aryl methyl sites for hydroxylation is 1. The zero-order valence-electron chi connectivity index (χ0n) is 24.4. The molecule has 4 aromatic rings. The summed E-state index contributed by atoms with van der Waals surface area (Å²) in [6.07, 6.45) is -0.366. The molecule has 2 aromatic carbocycles. The van der Waals surface area contributed by atoms with Crippen molar-refractivity contribution in [2.24, 2.45) is 0 Å². The minimum Gasteiger partial charge on any atom is -0.495 e. The van der Waals surface area contributed by atoms with Crippen molar-refractivity contribution in [2.75, 3.05) is 38.4 Å². The number of amides is 1. The van der Waals surface area contributed by atoms with Crippen LogP contribution in [0.1, 0.15) is 27.9 Å². The highest BCUT2D eigenvalue weighted by atomic mass is 31.1. The van der Waals surface area contributed by atoms with E-state index in [0.717, 1.165) is 0 Å². The van der Waals surface area contributed by atoms with Crippen molar-refractivity contribution in [1.82, 2.24) is 24.6 Å². The molecule has 0 spiro atoms. The molecule has 45 heavy (non-hydrogen) atoms. The van der Waals surface area contributed by atoms with Crippen LogP contribution in [0.5, 0.6) is 5.75 Å². The van der Waals surface area contributed by atoms with Crippen LogP contribution in [-0.4, -0.2) is 68.4 Å². The molecule has 17 heteroatoms. The van der Waals surface area contributed by atoms with Gasteiger partial charge in [-0.25, -0.2) is 4.98 Å². The van der Waals surface area contributed by atoms with Gasteiger partial charge in [-0.15, -0.1) is 0 Å². The monoisotopic (exact) mass is 649 g/mol. The third kappa shape index (κ3) is 8.57. The third-order valence-corrected chi connectivity index (χ3v) is 6.78. The van der Waals surface area contributed by atoms with Crippen LogP contribution in [0.2, 0.25) is 0 Å². The maximum Gasteiger partial charge on any atom is 0.421 e. The van der Waals surface area contributed by atoms with Crippen LogP contribution in [0.4, 0.5) is 36.3 Å². The van der Waals surface area contributed by atoms with Crippen LogP contribution in [0.15, 0.2) is 55.0 Å². The molecule has 4 N–H and O–H groups in total. The summed E-state index contributed by atoms with van der Waals surface area (Å²) in [7, 11) is 1.27. The Hall–Kier alpha value is -4.50. The molecule has 0 aliphatic rings. The van der Waals surface area contributed by atoms with E-state index in [2.05, 4.69) is 25.7 Å². The molecular weight excluding hydrogens is 618 g/mol. The van der Waals surface area contributed by atoms with Crippen LogP contribution in [0.3, 0.4) is 0 Å². The number of aliphatic hydroxyl groups is 1. The first-order chi connectivity index (χ1) is 21.4. The molecule has 2 heterocycles. The highest BCUT2D eigenvalue weighted by Gasteiger charge is 2.36. The maximum absolute atomic E-state index is 14.1. The lowest BCUT2D eigenvalue weighted by atomic mass is 10.0. The standard InChI is InChI=1S/C28H31F3N7O6P/c1-37(2)26(40)20-12-18(19-13-33-38(15-19)9-4-10-39)6-8-22(20)34-25-21(28(29,30)31)14-32-27(36-25)35-23-7-5-17(11-24(23)43-3)16-44-45(41)42/h5-8,11-15,39,45H,4,9-10,16H2,1-3H3,(H,41,42)(H2,32,34,35,36). The molecule has 0 aliphatic heterocycles. The lowest BCUT2D eigenvalue weighted by molar-refractivity contribution is -0.137. The molecule has 0 aliphatic carbocycles. The number of halogens is 3. The van der Waals surface area contributed by atoms with Gasteiger partial charge in [-0.2, -0.15) is 23.3 Å². The Balaban J connectivity index is 1.70. The van der Waals surface area contributed by atoms with Crippen LogP contribution in [-0.2, 0) is 28.4 Å². The Morgan fingerprint density at radius 1 is 1.09 bits per heavy atom.